The van der Waals surface area contributed by atoms with Crippen LogP contribution in [0.5, 0.6) is 0 Å². The van der Waals surface area contributed by atoms with E-state index in [9.17, 15) is 14.6 Å². The van der Waals surface area contributed by atoms with Gasteiger partial charge >= 0.3 is 0 Å². The van der Waals surface area contributed by atoms with Crippen LogP contribution < -0.4 is 0 Å². The maximum atomic E-state index is 13.1. The van der Waals surface area contributed by atoms with E-state index in [4.69, 9.17) is 0 Å². The van der Waals surface area contributed by atoms with Crippen molar-refractivity contribution in [3.8, 4) is 0 Å². The molecule has 0 radical (unpaired) electrons. The molecule has 0 fully saturated rings. The molecule has 0 aliphatic carbocycles. The van der Waals surface area contributed by atoms with Crippen molar-refractivity contribution < 1.29 is 14.6 Å². The van der Waals surface area contributed by atoms with E-state index in [0.29, 0.717) is 17.5 Å². The van der Waals surface area contributed by atoms with E-state index in [-0.39, 0.29) is 5.82 Å². The fourth-order valence-corrected chi connectivity index (χ4v) is 2.80. The van der Waals surface area contributed by atoms with Crippen LogP contribution >= 0.6 is 0 Å². The van der Waals surface area contributed by atoms with Crippen LogP contribution in [0.4, 0.5) is 4.39 Å². The highest BCUT2D eigenvalue weighted by Gasteiger charge is 2.23. The molecule has 4 heteroatoms. The maximum absolute atomic E-state index is 13.1. The van der Waals surface area contributed by atoms with E-state index >= 15 is 0 Å². The summed E-state index contributed by atoms with van der Waals surface area (Å²) in [5, 5.41) is 20.9. The Balaban J connectivity index is 2.52. The van der Waals surface area contributed by atoms with Crippen molar-refractivity contribution in [2.75, 3.05) is 0 Å². The monoisotopic (exact) mass is 317 g/mol. The first-order valence-electron chi connectivity index (χ1n) is 7.86. The highest BCUT2D eigenvalue weighted by Crippen LogP contribution is 2.30. The van der Waals surface area contributed by atoms with Crippen molar-refractivity contribution in [1.29, 1.82) is 0 Å². The van der Waals surface area contributed by atoms with E-state index < -0.39 is 11.7 Å². The lowest BCUT2D eigenvalue weighted by Gasteiger charge is -2.24. The van der Waals surface area contributed by atoms with Crippen LogP contribution in [0.1, 0.15) is 54.8 Å². The fourth-order valence-electron chi connectivity index (χ4n) is 2.80. The molecule has 23 heavy (non-hydrogen) atoms. The van der Waals surface area contributed by atoms with Gasteiger partial charge in [0, 0.05) is 23.9 Å². The van der Waals surface area contributed by atoms with Crippen molar-refractivity contribution in [2.45, 2.75) is 52.2 Å². The molecule has 1 unspecified atom stereocenters. The third kappa shape index (κ3) is 4.15. The van der Waals surface area contributed by atoms with E-state index in [1.54, 1.807) is 32.2 Å². The molecule has 0 bridgehead atoms. The highest BCUT2D eigenvalue weighted by atomic mass is 19.1. The van der Waals surface area contributed by atoms with Crippen molar-refractivity contribution in [3.05, 3.63) is 64.2 Å². The number of pyridine rings is 1. The molecule has 0 amide bonds. The Kier molecular flexibility index (Phi) is 5.17. The molecule has 0 aliphatic heterocycles. The highest BCUT2D eigenvalue weighted by molar-refractivity contribution is 5.41. The summed E-state index contributed by atoms with van der Waals surface area (Å²) in [5.74, 6) is -0.340. The quantitative estimate of drug-likeness (QED) is 0.887. The number of aliphatic hydroxyl groups excluding tert-OH is 1. The van der Waals surface area contributed by atoms with Crippen LogP contribution in [0.25, 0.3) is 0 Å². The molecule has 124 valence electrons. The minimum absolute atomic E-state index is 0.340. The average molecular weight is 317 g/mol. The molecule has 1 heterocycles. The Hall–Kier alpha value is -1.78. The van der Waals surface area contributed by atoms with E-state index in [0.717, 1.165) is 23.2 Å². The predicted molar refractivity (Wildman–Crippen MR) is 88.8 cm³/mol. The number of rotatable bonds is 5. The van der Waals surface area contributed by atoms with Gasteiger partial charge < -0.3 is 10.2 Å². The lowest BCUT2D eigenvalue weighted by molar-refractivity contribution is 0.0799. The second kappa shape index (κ2) is 6.77. The molecular formula is C19H24FNO2. The molecule has 2 aromatic rings. The first-order chi connectivity index (χ1) is 10.7. The number of aliphatic hydroxyl groups is 2. The zero-order valence-corrected chi connectivity index (χ0v) is 14.1. The van der Waals surface area contributed by atoms with Crippen molar-refractivity contribution >= 4 is 0 Å². The summed E-state index contributed by atoms with van der Waals surface area (Å²) in [6.07, 6.45) is 1.98. The van der Waals surface area contributed by atoms with Gasteiger partial charge in [-0.3, -0.25) is 4.98 Å². The molecule has 0 aliphatic rings. The molecule has 2 rings (SSSR count). The number of benzene rings is 1. The molecule has 3 nitrogen and oxygen atoms in total. The Morgan fingerprint density at radius 1 is 1.22 bits per heavy atom. The van der Waals surface area contributed by atoms with Gasteiger partial charge in [-0.15, -0.1) is 0 Å². The van der Waals surface area contributed by atoms with Crippen LogP contribution in [0.2, 0.25) is 0 Å². The first kappa shape index (κ1) is 17.6. The molecule has 0 saturated heterocycles. The molecule has 0 spiro atoms. The van der Waals surface area contributed by atoms with Gasteiger partial charge in [0.15, 0.2) is 0 Å². The van der Waals surface area contributed by atoms with Gasteiger partial charge in [-0.1, -0.05) is 19.1 Å². The van der Waals surface area contributed by atoms with Crippen molar-refractivity contribution in [3.63, 3.8) is 0 Å². The van der Waals surface area contributed by atoms with Crippen LogP contribution in [-0.4, -0.2) is 20.8 Å². The normalized spacial score (nSPS) is 13.2. The minimum Gasteiger partial charge on any atom is -0.390 e. The van der Waals surface area contributed by atoms with E-state index in [1.165, 1.54) is 12.1 Å². The molecule has 1 aromatic carbocycles. The summed E-state index contributed by atoms with van der Waals surface area (Å²) in [5.41, 5.74) is 3.23. The summed E-state index contributed by atoms with van der Waals surface area (Å²) < 4.78 is 13.1. The van der Waals surface area contributed by atoms with Crippen molar-refractivity contribution in [2.24, 2.45) is 0 Å². The summed E-state index contributed by atoms with van der Waals surface area (Å²) >= 11 is 0. The van der Waals surface area contributed by atoms with Gasteiger partial charge in [0.25, 0.3) is 0 Å². The number of nitrogens with zero attached hydrogens (tertiary/aromatic N) is 1. The van der Waals surface area contributed by atoms with Gasteiger partial charge in [-0.2, -0.15) is 0 Å². The van der Waals surface area contributed by atoms with E-state index in [2.05, 4.69) is 4.98 Å². The molecule has 1 aromatic heterocycles. The largest absolute Gasteiger partial charge is 0.390 e. The second-order valence-electron chi connectivity index (χ2n) is 6.56. The summed E-state index contributed by atoms with van der Waals surface area (Å²) in [4.78, 5) is 4.44. The summed E-state index contributed by atoms with van der Waals surface area (Å²) in [6, 6.07) is 5.79. The standard InChI is InChI=1S/C19H24FNO2/c1-5-17-12(2)15(10-19(3,4)23)16(11-21-17)18(22)13-6-8-14(20)9-7-13/h6-9,11,18,22-23H,5,10H2,1-4H3. The zero-order chi connectivity index (χ0) is 17.2. The predicted octanol–water partition coefficient (Wildman–Crippen LogP) is 3.49. The van der Waals surface area contributed by atoms with Gasteiger partial charge in [-0.25, -0.2) is 4.39 Å². The SMILES string of the molecule is CCc1ncc(C(O)c2ccc(F)cc2)c(CC(C)(C)O)c1C. The Labute approximate surface area is 136 Å². The van der Waals surface area contributed by atoms with Gasteiger partial charge in [0.1, 0.15) is 11.9 Å². The first-order valence-corrected chi connectivity index (χ1v) is 7.86. The van der Waals surface area contributed by atoms with Crippen LogP contribution in [0.3, 0.4) is 0 Å². The summed E-state index contributed by atoms with van der Waals surface area (Å²) in [7, 11) is 0. The Morgan fingerprint density at radius 3 is 2.35 bits per heavy atom. The molecule has 2 N–H and O–H groups in total. The number of hydrogen-bond donors (Lipinski definition) is 2. The van der Waals surface area contributed by atoms with E-state index in [1.807, 2.05) is 13.8 Å². The fraction of sp³-hybridized carbons (Fsp3) is 0.421. The zero-order valence-electron chi connectivity index (χ0n) is 14.1. The lowest BCUT2D eigenvalue weighted by atomic mass is 9.87. The third-order valence-electron chi connectivity index (χ3n) is 4.02. The number of aryl methyl sites for hydroxylation is 1. The van der Waals surface area contributed by atoms with Gasteiger partial charge in [0.2, 0.25) is 0 Å². The van der Waals surface area contributed by atoms with Crippen molar-refractivity contribution in [1.82, 2.24) is 4.98 Å². The molecule has 0 saturated carbocycles. The lowest BCUT2D eigenvalue weighted by Crippen LogP contribution is -2.24. The topological polar surface area (TPSA) is 53.4 Å². The summed E-state index contributed by atoms with van der Waals surface area (Å²) in [6.45, 7) is 7.48. The van der Waals surface area contributed by atoms with Gasteiger partial charge in [0.05, 0.1) is 5.60 Å². The number of hydrogen-bond acceptors (Lipinski definition) is 3. The Morgan fingerprint density at radius 2 is 1.83 bits per heavy atom. The second-order valence-corrected chi connectivity index (χ2v) is 6.56. The smallest absolute Gasteiger partial charge is 0.123 e. The third-order valence-corrected chi connectivity index (χ3v) is 4.02. The minimum atomic E-state index is -0.898. The number of aromatic nitrogens is 1. The van der Waals surface area contributed by atoms with Crippen LogP contribution in [0, 0.1) is 12.7 Å². The average Bonchev–Trinajstić information content (AvgIpc) is 2.48. The molecular weight excluding hydrogens is 293 g/mol. The van der Waals surface area contributed by atoms with Gasteiger partial charge in [-0.05, 0) is 56.0 Å². The number of halogens is 1. The van der Waals surface area contributed by atoms with Crippen LogP contribution in [0.15, 0.2) is 30.5 Å². The maximum Gasteiger partial charge on any atom is 0.123 e. The Bertz CT molecular complexity index is 675. The van der Waals surface area contributed by atoms with Crippen LogP contribution in [-0.2, 0) is 12.8 Å². The molecule has 1 atom stereocenters.